The van der Waals surface area contributed by atoms with Crippen LogP contribution in [0.3, 0.4) is 0 Å². The molecule has 0 bridgehead atoms. The Morgan fingerprint density at radius 3 is 2.86 bits per heavy atom. The van der Waals surface area contributed by atoms with Gasteiger partial charge in [-0.05, 0) is 25.3 Å². The maximum Gasteiger partial charge on any atom is 0.258 e. The van der Waals surface area contributed by atoms with Crippen LogP contribution in [0.25, 0.3) is 16.3 Å². The van der Waals surface area contributed by atoms with Gasteiger partial charge >= 0.3 is 0 Å². The van der Waals surface area contributed by atoms with Crippen LogP contribution < -0.4 is 5.56 Å². The van der Waals surface area contributed by atoms with Crippen molar-refractivity contribution in [3.8, 4) is 11.4 Å². The molecule has 4 heterocycles. The van der Waals surface area contributed by atoms with Crippen molar-refractivity contribution in [3.05, 3.63) is 49.5 Å². The molecular formula is C19H21N5OS3. The molecule has 146 valence electrons. The molecule has 0 atom stereocenters. The van der Waals surface area contributed by atoms with E-state index in [-0.39, 0.29) is 5.56 Å². The molecule has 28 heavy (non-hydrogen) atoms. The van der Waals surface area contributed by atoms with E-state index < -0.39 is 0 Å². The summed E-state index contributed by atoms with van der Waals surface area (Å²) in [5.41, 5.74) is 3.27. The predicted molar refractivity (Wildman–Crippen MR) is 117 cm³/mol. The Hall–Kier alpha value is -1.97. The third-order valence-electron chi connectivity index (χ3n) is 4.57. The standard InChI is InChI=1S/C19H21N5OS3/c1-4-6-24-17(15-11-27-12(3)14(15)5-2)21-22-19(24)28-10-13-9-16(25)23-7-8-26-18(23)20-13/h7-9,11H,4-6,10H2,1-3H3. The van der Waals surface area contributed by atoms with Gasteiger partial charge in [0.1, 0.15) is 0 Å². The van der Waals surface area contributed by atoms with Crippen LogP contribution in [0.15, 0.2) is 33.0 Å². The quantitative estimate of drug-likeness (QED) is 0.399. The summed E-state index contributed by atoms with van der Waals surface area (Å²) in [6, 6.07) is 1.60. The number of fused-ring (bicyclic) bond motifs is 1. The van der Waals surface area contributed by atoms with E-state index in [4.69, 9.17) is 0 Å². The number of hydrogen-bond donors (Lipinski definition) is 0. The van der Waals surface area contributed by atoms with Gasteiger partial charge in [0.15, 0.2) is 15.9 Å². The Morgan fingerprint density at radius 1 is 1.21 bits per heavy atom. The van der Waals surface area contributed by atoms with Crippen molar-refractivity contribution >= 4 is 39.4 Å². The first kappa shape index (κ1) is 19.4. The Balaban J connectivity index is 1.64. The topological polar surface area (TPSA) is 65.1 Å². The minimum Gasteiger partial charge on any atom is -0.302 e. The molecule has 0 aliphatic heterocycles. The first-order valence-corrected chi connectivity index (χ1v) is 12.0. The van der Waals surface area contributed by atoms with Crippen LogP contribution in [0.5, 0.6) is 0 Å². The third kappa shape index (κ3) is 3.54. The zero-order valence-electron chi connectivity index (χ0n) is 16.0. The van der Waals surface area contributed by atoms with Gasteiger partial charge in [-0.15, -0.1) is 32.9 Å². The number of nitrogens with zero attached hydrogens (tertiary/aromatic N) is 5. The summed E-state index contributed by atoms with van der Waals surface area (Å²) in [6.07, 6.45) is 3.75. The fourth-order valence-corrected chi connectivity index (χ4v) is 5.76. The van der Waals surface area contributed by atoms with Crippen molar-refractivity contribution in [2.24, 2.45) is 0 Å². The lowest BCUT2D eigenvalue weighted by molar-refractivity contribution is 0.626. The highest BCUT2D eigenvalue weighted by molar-refractivity contribution is 7.98. The first-order chi connectivity index (χ1) is 13.6. The van der Waals surface area contributed by atoms with Crippen LogP contribution in [0.2, 0.25) is 0 Å². The highest BCUT2D eigenvalue weighted by atomic mass is 32.2. The van der Waals surface area contributed by atoms with E-state index in [1.165, 1.54) is 27.3 Å². The van der Waals surface area contributed by atoms with Gasteiger partial charge < -0.3 is 4.57 Å². The smallest absolute Gasteiger partial charge is 0.258 e. The molecule has 0 spiro atoms. The van der Waals surface area contributed by atoms with Gasteiger partial charge in [-0.3, -0.25) is 9.20 Å². The van der Waals surface area contributed by atoms with Gasteiger partial charge in [0.2, 0.25) is 0 Å². The molecule has 0 unspecified atom stereocenters. The number of aryl methyl sites for hydroxylation is 1. The Bertz CT molecular complexity index is 1170. The fourth-order valence-electron chi connectivity index (χ4n) is 3.23. The Kier molecular flexibility index (Phi) is 5.65. The summed E-state index contributed by atoms with van der Waals surface area (Å²) in [5, 5.41) is 13.9. The Morgan fingerprint density at radius 2 is 2.07 bits per heavy atom. The van der Waals surface area contributed by atoms with Crippen molar-refractivity contribution in [3.63, 3.8) is 0 Å². The SMILES string of the molecule is CCCn1c(SCc2cc(=O)n3ccsc3n2)nnc1-c1csc(C)c1CC. The molecule has 0 amide bonds. The fraction of sp³-hybridized carbons (Fsp3) is 0.368. The van der Waals surface area contributed by atoms with Crippen molar-refractivity contribution in [1.29, 1.82) is 0 Å². The average molecular weight is 432 g/mol. The van der Waals surface area contributed by atoms with Crippen molar-refractivity contribution in [1.82, 2.24) is 24.1 Å². The summed E-state index contributed by atoms with van der Waals surface area (Å²) >= 11 is 4.82. The van der Waals surface area contributed by atoms with Gasteiger partial charge in [-0.25, -0.2) is 4.98 Å². The highest BCUT2D eigenvalue weighted by Crippen LogP contribution is 2.33. The van der Waals surface area contributed by atoms with E-state index in [1.54, 1.807) is 39.8 Å². The second-order valence-corrected chi connectivity index (χ2v) is 9.32. The van der Waals surface area contributed by atoms with Gasteiger partial charge in [-0.1, -0.05) is 25.6 Å². The summed E-state index contributed by atoms with van der Waals surface area (Å²) < 4.78 is 3.77. The third-order valence-corrected chi connectivity index (χ3v) is 7.28. The second kappa shape index (κ2) is 8.18. The molecule has 0 saturated carbocycles. The largest absolute Gasteiger partial charge is 0.302 e. The molecule has 0 aliphatic rings. The predicted octanol–water partition coefficient (Wildman–Crippen LogP) is 4.65. The molecule has 0 aliphatic carbocycles. The summed E-state index contributed by atoms with van der Waals surface area (Å²) in [7, 11) is 0. The van der Waals surface area contributed by atoms with Crippen LogP contribution in [0.1, 0.15) is 36.4 Å². The van der Waals surface area contributed by atoms with Gasteiger partial charge in [0.25, 0.3) is 5.56 Å². The zero-order valence-corrected chi connectivity index (χ0v) is 18.5. The number of hydrogen-bond acceptors (Lipinski definition) is 7. The minimum absolute atomic E-state index is 0.0427. The molecule has 9 heteroatoms. The summed E-state index contributed by atoms with van der Waals surface area (Å²) in [5.74, 6) is 1.53. The molecular weight excluding hydrogens is 410 g/mol. The Labute approximate surface area is 175 Å². The van der Waals surface area contributed by atoms with E-state index in [9.17, 15) is 4.79 Å². The zero-order chi connectivity index (χ0) is 19.7. The minimum atomic E-state index is -0.0427. The van der Waals surface area contributed by atoms with E-state index in [2.05, 4.69) is 45.9 Å². The van der Waals surface area contributed by atoms with Crippen LogP contribution >= 0.6 is 34.4 Å². The molecule has 0 radical (unpaired) electrons. The number of thiazole rings is 1. The van der Waals surface area contributed by atoms with Crippen LogP contribution in [-0.2, 0) is 18.7 Å². The van der Waals surface area contributed by atoms with Crippen LogP contribution in [-0.4, -0.2) is 24.1 Å². The lowest BCUT2D eigenvalue weighted by atomic mass is 10.1. The maximum absolute atomic E-state index is 12.2. The molecule has 0 fully saturated rings. The maximum atomic E-state index is 12.2. The molecule has 6 nitrogen and oxygen atoms in total. The van der Waals surface area contributed by atoms with E-state index >= 15 is 0 Å². The lowest BCUT2D eigenvalue weighted by Crippen LogP contribution is -2.12. The molecule has 0 aromatic carbocycles. The average Bonchev–Trinajstić information content (AvgIpc) is 3.39. The van der Waals surface area contributed by atoms with Crippen molar-refractivity contribution in [2.45, 2.75) is 51.1 Å². The molecule has 4 aromatic heterocycles. The number of thiophene rings is 1. The molecule has 0 saturated heterocycles. The van der Waals surface area contributed by atoms with Crippen LogP contribution in [0.4, 0.5) is 0 Å². The van der Waals surface area contributed by atoms with E-state index in [0.29, 0.717) is 5.75 Å². The van der Waals surface area contributed by atoms with Gasteiger partial charge in [-0.2, -0.15) is 0 Å². The van der Waals surface area contributed by atoms with E-state index in [0.717, 1.165) is 41.0 Å². The van der Waals surface area contributed by atoms with Gasteiger partial charge in [0.05, 0.1) is 5.69 Å². The highest BCUT2D eigenvalue weighted by Gasteiger charge is 2.18. The lowest BCUT2D eigenvalue weighted by Gasteiger charge is -2.09. The van der Waals surface area contributed by atoms with Crippen molar-refractivity contribution in [2.75, 3.05) is 0 Å². The summed E-state index contributed by atoms with van der Waals surface area (Å²) in [6.45, 7) is 7.36. The second-order valence-electron chi connectivity index (χ2n) is 6.43. The molecule has 4 aromatic rings. The van der Waals surface area contributed by atoms with Crippen LogP contribution in [0, 0.1) is 6.92 Å². The van der Waals surface area contributed by atoms with Crippen molar-refractivity contribution < 1.29 is 0 Å². The molecule has 4 rings (SSSR count). The van der Waals surface area contributed by atoms with E-state index in [1.807, 2.05) is 5.38 Å². The molecule has 0 N–H and O–H groups in total. The first-order valence-electron chi connectivity index (χ1n) is 9.21. The normalized spacial score (nSPS) is 11.5. The van der Waals surface area contributed by atoms with Gasteiger partial charge in [0, 0.05) is 45.8 Å². The number of thioether (sulfide) groups is 1. The number of rotatable bonds is 7. The number of aromatic nitrogens is 5. The summed E-state index contributed by atoms with van der Waals surface area (Å²) in [4.78, 5) is 18.8. The monoisotopic (exact) mass is 431 g/mol.